The Morgan fingerprint density at radius 1 is 1.24 bits per heavy atom. The average Bonchev–Trinajstić information content (AvgIpc) is 2.68. The predicted octanol–water partition coefficient (Wildman–Crippen LogP) is 3.73. The zero-order valence-corrected chi connectivity index (χ0v) is 15.5. The predicted molar refractivity (Wildman–Crippen MR) is 101 cm³/mol. The van der Waals surface area contributed by atoms with Crippen molar-refractivity contribution in [3.63, 3.8) is 0 Å². The fourth-order valence-electron chi connectivity index (χ4n) is 3.81. The second-order valence-electron chi connectivity index (χ2n) is 7.24. The van der Waals surface area contributed by atoms with E-state index in [-0.39, 0.29) is 6.03 Å². The van der Waals surface area contributed by atoms with E-state index in [0.29, 0.717) is 12.0 Å². The molecule has 2 aliphatic heterocycles. The lowest BCUT2D eigenvalue weighted by molar-refractivity contribution is 0.0198. The van der Waals surface area contributed by atoms with E-state index >= 15 is 0 Å². The van der Waals surface area contributed by atoms with Crippen molar-refractivity contribution in [1.82, 2.24) is 9.80 Å². The molecule has 2 atom stereocenters. The van der Waals surface area contributed by atoms with Gasteiger partial charge in [0.05, 0.1) is 13.2 Å². The van der Waals surface area contributed by atoms with Gasteiger partial charge in [0.2, 0.25) is 0 Å². The highest BCUT2D eigenvalue weighted by Crippen LogP contribution is 2.24. The monoisotopic (exact) mass is 345 g/mol. The van der Waals surface area contributed by atoms with E-state index in [1.54, 1.807) is 0 Å². The summed E-state index contributed by atoms with van der Waals surface area (Å²) in [4.78, 5) is 16.9. The smallest absolute Gasteiger partial charge is 0.321 e. The number of ether oxygens (including phenoxy) is 1. The first-order valence-corrected chi connectivity index (χ1v) is 9.65. The van der Waals surface area contributed by atoms with Gasteiger partial charge in [0.15, 0.2) is 0 Å². The molecule has 5 heteroatoms. The maximum atomic E-state index is 12.5. The van der Waals surface area contributed by atoms with Crippen LogP contribution in [-0.4, -0.2) is 55.2 Å². The number of hydrogen-bond donors (Lipinski definition) is 1. The molecule has 0 aromatic heterocycles. The Kier molecular flexibility index (Phi) is 6.32. The number of piperidine rings is 1. The third-order valence-corrected chi connectivity index (χ3v) is 5.62. The molecule has 2 fully saturated rings. The number of morpholine rings is 1. The van der Waals surface area contributed by atoms with Crippen LogP contribution in [0.5, 0.6) is 0 Å². The zero-order valence-electron chi connectivity index (χ0n) is 15.5. The molecule has 1 N–H and O–H groups in total. The molecule has 3 rings (SSSR count). The van der Waals surface area contributed by atoms with Crippen molar-refractivity contribution in [3.8, 4) is 0 Å². The molecule has 0 unspecified atom stereocenters. The van der Waals surface area contributed by atoms with E-state index < -0.39 is 0 Å². The fraction of sp³-hybridized carbons (Fsp3) is 0.650. The SMILES string of the molecule is CC[C@H]1CCCN(C(=O)Nc2ccc([C@H](C)N3CCOCC3)cc2)C1. The highest BCUT2D eigenvalue weighted by Gasteiger charge is 2.23. The van der Waals surface area contributed by atoms with Crippen molar-refractivity contribution in [2.24, 2.45) is 5.92 Å². The molecule has 1 aromatic carbocycles. The summed E-state index contributed by atoms with van der Waals surface area (Å²) in [7, 11) is 0. The maximum absolute atomic E-state index is 12.5. The quantitative estimate of drug-likeness (QED) is 0.904. The molecule has 138 valence electrons. The molecule has 0 radical (unpaired) electrons. The van der Waals surface area contributed by atoms with Crippen molar-refractivity contribution >= 4 is 11.7 Å². The van der Waals surface area contributed by atoms with Gasteiger partial charge in [-0.25, -0.2) is 4.79 Å². The number of anilines is 1. The van der Waals surface area contributed by atoms with Crippen molar-refractivity contribution in [1.29, 1.82) is 0 Å². The third kappa shape index (κ3) is 4.73. The van der Waals surface area contributed by atoms with E-state index in [1.807, 2.05) is 17.0 Å². The minimum atomic E-state index is 0.0344. The molecular formula is C20H31N3O2. The van der Waals surface area contributed by atoms with Gasteiger partial charge >= 0.3 is 6.03 Å². The molecular weight excluding hydrogens is 314 g/mol. The molecule has 0 aliphatic carbocycles. The first-order valence-electron chi connectivity index (χ1n) is 9.65. The van der Waals surface area contributed by atoms with Gasteiger partial charge in [-0.2, -0.15) is 0 Å². The summed E-state index contributed by atoms with van der Waals surface area (Å²) in [5, 5.41) is 3.06. The molecule has 1 aromatic rings. The summed E-state index contributed by atoms with van der Waals surface area (Å²) in [6.07, 6.45) is 3.51. The zero-order chi connectivity index (χ0) is 17.6. The average molecular weight is 345 g/mol. The summed E-state index contributed by atoms with van der Waals surface area (Å²) in [5.74, 6) is 0.649. The Morgan fingerprint density at radius 2 is 1.96 bits per heavy atom. The van der Waals surface area contributed by atoms with Gasteiger partial charge in [-0.15, -0.1) is 0 Å². The van der Waals surface area contributed by atoms with E-state index in [1.165, 1.54) is 12.0 Å². The summed E-state index contributed by atoms with van der Waals surface area (Å²) in [6, 6.07) is 8.70. The summed E-state index contributed by atoms with van der Waals surface area (Å²) in [5.41, 5.74) is 2.16. The Balaban J connectivity index is 1.55. The Hall–Kier alpha value is -1.59. The maximum Gasteiger partial charge on any atom is 0.321 e. The van der Waals surface area contributed by atoms with Crippen LogP contribution < -0.4 is 5.32 Å². The lowest BCUT2D eigenvalue weighted by Gasteiger charge is -2.33. The number of nitrogens with zero attached hydrogens (tertiary/aromatic N) is 2. The lowest BCUT2D eigenvalue weighted by Crippen LogP contribution is -2.42. The summed E-state index contributed by atoms with van der Waals surface area (Å²) < 4.78 is 5.43. The molecule has 2 saturated heterocycles. The second kappa shape index (κ2) is 8.68. The first kappa shape index (κ1) is 18.2. The number of likely N-dealkylation sites (tertiary alicyclic amines) is 1. The summed E-state index contributed by atoms with van der Waals surface area (Å²) >= 11 is 0. The first-order chi connectivity index (χ1) is 12.2. The van der Waals surface area contributed by atoms with Crippen molar-refractivity contribution < 1.29 is 9.53 Å². The van der Waals surface area contributed by atoms with Crippen LogP contribution in [0.15, 0.2) is 24.3 Å². The lowest BCUT2D eigenvalue weighted by atomic mass is 9.96. The van der Waals surface area contributed by atoms with Gasteiger partial charge in [-0.05, 0) is 43.4 Å². The number of nitrogens with one attached hydrogen (secondary N) is 1. The Bertz CT molecular complexity index is 555. The van der Waals surface area contributed by atoms with Crippen LogP contribution >= 0.6 is 0 Å². The summed E-state index contributed by atoms with van der Waals surface area (Å²) in [6.45, 7) is 9.78. The molecule has 2 amide bonds. The second-order valence-corrected chi connectivity index (χ2v) is 7.24. The molecule has 0 spiro atoms. The van der Waals surface area contributed by atoms with E-state index in [0.717, 1.165) is 57.9 Å². The van der Waals surface area contributed by atoms with Gasteiger partial charge < -0.3 is 15.0 Å². The number of urea groups is 1. The van der Waals surface area contributed by atoms with Crippen LogP contribution in [0.2, 0.25) is 0 Å². The number of carbonyl (C=O) groups is 1. The van der Waals surface area contributed by atoms with Gasteiger partial charge in [-0.1, -0.05) is 25.5 Å². The Morgan fingerprint density at radius 3 is 2.64 bits per heavy atom. The van der Waals surface area contributed by atoms with Crippen molar-refractivity contribution in [2.45, 2.75) is 39.2 Å². The number of hydrogen-bond acceptors (Lipinski definition) is 3. The normalized spacial score (nSPS) is 23.3. The number of rotatable bonds is 4. The molecule has 0 bridgehead atoms. The molecule has 0 saturated carbocycles. The van der Waals surface area contributed by atoms with E-state index in [2.05, 4.69) is 36.2 Å². The fourth-order valence-corrected chi connectivity index (χ4v) is 3.81. The minimum absolute atomic E-state index is 0.0344. The van der Waals surface area contributed by atoms with Crippen LogP contribution in [0.4, 0.5) is 10.5 Å². The van der Waals surface area contributed by atoms with E-state index in [9.17, 15) is 4.79 Å². The largest absolute Gasteiger partial charge is 0.379 e. The topological polar surface area (TPSA) is 44.8 Å². The number of carbonyl (C=O) groups excluding carboxylic acids is 1. The highest BCUT2D eigenvalue weighted by atomic mass is 16.5. The van der Waals surface area contributed by atoms with Gasteiger partial charge in [0.25, 0.3) is 0 Å². The van der Waals surface area contributed by atoms with Gasteiger partial charge in [0.1, 0.15) is 0 Å². The standard InChI is InChI=1S/C20H31N3O2/c1-3-17-5-4-10-23(15-17)20(24)21-19-8-6-18(7-9-19)16(2)22-11-13-25-14-12-22/h6-9,16-17H,3-5,10-15H2,1-2H3,(H,21,24)/t16-,17-/m0/s1. The van der Waals surface area contributed by atoms with Crippen LogP contribution in [0.3, 0.4) is 0 Å². The third-order valence-electron chi connectivity index (χ3n) is 5.62. The number of benzene rings is 1. The van der Waals surface area contributed by atoms with Crippen LogP contribution in [0.1, 0.15) is 44.7 Å². The van der Waals surface area contributed by atoms with Gasteiger partial charge in [0, 0.05) is 37.9 Å². The molecule has 5 nitrogen and oxygen atoms in total. The van der Waals surface area contributed by atoms with Crippen LogP contribution in [0, 0.1) is 5.92 Å². The van der Waals surface area contributed by atoms with E-state index in [4.69, 9.17) is 4.74 Å². The molecule has 2 heterocycles. The Labute approximate surface area is 151 Å². The number of amides is 2. The van der Waals surface area contributed by atoms with Crippen molar-refractivity contribution in [3.05, 3.63) is 29.8 Å². The highest BCUT2D eigenvalue weighted by molar-refractivity contribution is 5.89. The molecule has 25 heavy (non-hydrogen) atoms. The van der Waals surface area contributed by atoms with Crippen LogP contribution in [0.25, 0.3) is 0 Å². The molecule has 2 aliphatic rings. The van der Waals surface area contributed by atoms with Gasteiger partial charge in [-0.3, -0.25) is 4.90 Å². The van der Waals surface area contributed by atoms with Crippen LogP contribution in [-0.2, 0) is 4.74 Å². The minimum Gasteiger partial charge on any atom is -0.379 e. The van der Waals surface area contributed by atoms with Crippen molar-refractivity contribution in [2.75, 3.05) is 44.7 Å².